The Balaban J connectivity index is 1.79. The maximum Gasteiger partial charge on any atom is 0.337 e. The van der Waals surface area contributed by atoms with E-state index in [1.807, 2.05) is 65.7 Å². The first-order chi connectivity index (χ1) is 12.7. The van der Waals surface area contributed by atoms with Crippen LogP contribution in [0, 0.1) is 0 Å². The van der Waals surface area contributed by atoms with Gasteiger partial charge in [0.25, 0.3) is 0 Å². The highest BCUT2D eigenvalue weighted by molar-refractivity contribution is 5.93. The second-order valence-electron chi connectivity index (χ2n) is 6.37. The van der Waals surface area contributed by atoms with Gasteiger partial charge in [-0.2, -0.15) is 5.01 Å². The number of nitrogens with zero attached hydrogens (tertiary/aromatic N) is 2. The molecule has 1 fully saturated rings. The van der Waals surface area contributed by atoms with Gasteiger partial charge < -0.3 is 4.74 Å². The SMILES string of the molecule is CCOC(=O)C1=CN2C(=O)CC(c3ccccc3)N2C1c1ccccc1. The zero-order valence-electron chi connectivity index (χ0n) is 14.5. The Labute approximate surface area is 152 Å². The summed E-state index contributed by atoms with van der Waals surface area (Å²) in [6.45, 7) is 2.08. The second-order valence-corrected chi connectivity index (χ2v) is 6.37. The topological polar surface area (TPSA) is 49.9 Å². The first-order valence-corrected chi connectivity index (χ1v) is 8.79. The summed E-state index contributed by atoms with van der Waals surface area (Å²) in [6, 6.07) is 19.3. The molecule has 0 bridgehead atoms. The Hall–Kier alpha value is -2.92. The minimum absolute atomic E-state index is 0.0147. The molecule has 4 rings (SSSR count). The van der Waals surface area contributed by atoms with E-state index in [0.29, 0.717) is 18.6 Å². The van der Waals surface area contributed by atoms with Crippen molar-refractivity contribution in [1.82, 2.24) is 10.0 Å². The Kier molecular flexibility index (Phi) is 4.31. The highest BCUT2D eigenvalue weighted by atomic mass is 16.5. The molecule has 1 amide bonds. The molecule has 0 aromatic heterocycles. The molecule has 5 nitrogen and oxygen atoms in total. The number of rotatable bonds is 4. The average molecular weight is 348 g/mol. The van der Waals surface area contributed by atoms with E-state index in [9.17, 15) is 9.59 Å². The quantitative estimate of drug-likeness (QED) is 0.795. The van der Waals surface area contributed by atoms with E-state index in [-0.39, 0.29) is 24.0 Å². The van der Waals surface area contributed by atoms with E-state index in [4.69, 9.17) is 4.74 Å². The largest absolute Gasteiger partial charge is 0.463 e. The maximum absolute atomic E-state index is 12.6. The summed E-state index contributed by atoms with van der Waals surface area (Å²) in [7, 11) is 0. The van der Waals surface area contributed by atoms with Crippen LogP contribution in [-0.4, -0.2) is 28.5 Å². The average Bonchev–Trinajstić information content (AvgIpc) is 3.21. The van der Waals surface area contributed by atoms with Crippen molar-refractivity contribution in [2.45, 2.75) is 25.4 Å². The van der Waals surface area contributed by atoms with E-state index in [1.54, 1.807) is 18.1 Å². The van der Waals surface area contributed by atoms with Crippen LogP contribution in [0.3, 0.4) is 0 Å². The monoisotopic (exact) mass is 348 g/mol. The fourth-order valence-corrected chi connectivity index (χ4v) is 3.71. The molecule has 0 saturated carbocycles. The smallest absolute Gasteiger partial charge is 0.337 e. The number of esters is 1. The number of carbonyl (C=O) groups is 2. The number of hydrazine groups is 1. The summed E-state index contributed by atoms with van der Waals surface area (Å²) in [5.74, 6) is -0.394. The number of ether oxygens (including phenoxy) is 1. The molecule has 26 heavy (non-hydrogen) atoms. The summed E-state index contributed by atoms with van der Waals surface area (Å²) < 4.78 is 5.25. The summed E-state index contributed by atoms with van der Waals surface area (Å²) in [5.41, 5.74) is 2.51. The van der Waals surface area contributed by atoms with Gasteiger partial charge in [0.1, 0.15) is 0 Å². The Bertz CT molecular complexity index is 848. The van der Waals surface area contributed by atoms with Crippen LogP contribution in [0.2, 0.25) is 0 Å². The third-order valence-electron chi connectivity index (χ3n) is 4.82. The van der Waals surface area contributed by atoms with Crippen molar-refractivity contribution >= 4 is 11.9 Å². The molecule has 2 aliphatic rings. The van der Waals surface area contributed by atoms with Crippen molar-refractivity contribution in [2.75, 3.05) is 6.61 Å². The lowest BCUT2D eigenvalue weighted by molar-refractivity contribution is -0.140. The Morgan fingerprint density at radius 1 is 1.04 bits per heavy atom. The lowest BCUT2D eigenvalue weighted by atomic mass is 9.96. The van der Waals surface area contributed by atoms with Gasteiger partial charge in [0.15, 0.2) is 0 Å². The molecule has 2 heterocycles. The normalized spacial score (nSPS) is 22.3. The van der Waals surface area contributed by atoms with Crippen LogP contribution in [0.15, 0.2) is 72.4 Å². The van der Waals surface area contributed by atoms with Crippen LogP contribution in [0.5, 0.6) is 0 Å². The summed E-state index contributed by atoms with van der Waals surface area (Å²) in [4.78, 5) is 25.2. The first-order valence-electron chi connectivity index (χ1n) is 8.79. The maximum atomic E-state index is 12.6. The molecular formula is C21H20N2O3. The molecule has 0 radical (unpaired) electrons. The lowest BCUT2D eigenvalue weighted by Crippen LogP contribution is -2.35. The Morgan fingerprint density at radius 2 is 1.65 bits per heavy atom. The number of hydrogen-bond acceptors (Lipinski definition) is 4. The van der Waals surface area contributed by atoms with Gasteiger partial charge in [-0.05, 0) is 18.1 Å². The van der Waals surface area contributed by atoms with Crippen molar-refractivity contribution < 1.29 is 14.3 Å². The van der Waals surface area contributed by atoms with Crippen LogP contribution in [0.25, 0.3) is 0 Å². The van der Waals surface area contributed by atoms with Crippen molar-refractivity contribution in [3.63, 3.8) is 0 Å². The van der Waals surface area contributed by atoms with Gasteiger partial charge in [-0.25, -0.2) is 9.80 Å². The summed E-state index contributed by atoms with van der Waals surface area (Å²) in [5, 5.41) is 3.58. The van der Waals surface area contributed by atoms with Crippen molar-refractivity contribution in [3.8, 4) is 0 Å². The van der Waals surface area contributed by atoms with Gasteiger partial charge in [-0.1, -0.05) is 60.7 Å². The van der Waals surface area contributed by atoms with Gasteiger partial charge in [0, 0.05) is 6.20 Å². The Morgan fingerprint density at radius 3 is 2.27 bits per heavy atom. The standard InChI is InChI=1S/C21H20N2O3/c1-2-26-21(25)17-14-22-19(24)13-18(15-9-5-3-6-10-15)23(22)20(17)16-11-7-4-8-12-16/h3-12,14,18,20H,2,13H2,1H3. The van der Waals surface area contributed by atoms with Crippen LogP contribution in [0.4, 0.5) is 0 Å². The van der Waals surface area contributed by atoms with Crippen LogP contribution in [0.1, 0.15) is 36.6 Å². The van der Waals surface area contributed by atoms with Crippen molar-refractivity contribution in [3.05, 3.63) is 83.6 Å². The van der Waals surface area contributed by atoms with Gasteiger partial charge in [-0.3, -0.25) is 4.79 Å². The molecule has 2 aromatic rings. The minimum Gasteiger partial charge on any atom is -0.463 e. The third kappa shape index (κ3) is 2.70. The number of amides is 1. The van der Waals surface area contributed by atoms with E-state index in [1.165, 1.54) is 0 Å². The molecule has 2 aliphatic heterocycles. The number of carbonyl (C=O) groups excluding carboxylic acids is 2. The van der Waals surface area contributed by atoms with E-state index < -0.39 is 0 Å². The second kappa shape index (κ2) is 6.77. The number of fused-ring (bicyclic) bond motifs is 1. The minimum atomic E-state index is -0.379. The zero-order chi connectivity index (χ0) is 18.1. The van der Waals surface area contributed by atoms with Crippen LogP contribution >= 0.6 is 0 Å². The lowest BCUT2D eigenvalue weighted by Gasteiger charge is -2.32. The van der Waals surface area contributed by atoms with E-state index in [0.717, 1.165) is 11.1 Å². The van der Waals surface area contributed by atoms with Gasteiger partial charge in [0.2, 0.25) is 5.91 Å². The highest BCUT2D eigenvalue weighted by Gasteiger charge is 2.49. The van der Waals surface area contributed by atoms with Gasteiger partial charge in [-0.15, -0.1) is 0 Å². The fraction of sp³-hybridized carbons (Fsp3) is 0.238. The summed E-state index contributed by atoms with van der Waals surface area (Å²) >= 11 is 0. The molecule has 2 atom stereocenters. The third-order valence-corrected chi connectivity index (χ3v) is 4.82. The van der Waals surface area contributed by atoms with Gasteiger partial charge >= 0.3 is 5.97 Å². The molecule has 5 heteroatoms. The number of benzene rings is 2. The van der Waals surface area contributed by atoms with Crippen LogP contribution < -0.4 is 0 Å². The molecule has 0 N–H and O–H groups in total. The molecule has 1 saturated heterocycles. The molecule has 2 unspecified atom stereocenters. The summed E-state index contributed by atoms with van der Waals surface area (Å²) in [6.07, 6.45) is 2.03. The van der Waals surface area contributed by atoms with Crippen molar-refractivity contribution in [2.24, 2.45) is 0 Å². The highest BCUT2D eigenvalue weighted by Crippen LogP contribution is 2.47. The molecule has 0 aliphatic carbocycles. The molecular weight excluding hydrogens is 328 g/mol. The molecule has 132 valence electrons. The van der Waals surface area contributed by atoms with Crippen LogP contribution in [-0.2, 0) is 14.3 Å². The van der Waals surface area contributed by atoms with Gasteiger partial charge in [0.05, 0.1) is 30.7 Å². The zero-order valence-corrected chi connectivity index (χ0v) is 14.5. The molecule has 2 aromatic carbocycles. The fourth-order valence-electron chi connectivity index (χ4n) is 3.71. The number of hydrogen-bond donors (Lipinski definition) is 0. The molecule has 0 spiro atoms. The van der Waals surface area contributed by atoms with E-state index >= 15 is 0 Å². The van der Waals surface area contributed by atoms with Crippen molar-refractivity contribution in [1.29, 1.82) is 0 Å². The first kappa shape index (κ1) is 16.5. The predicted molar refractivity (Wildman–Crippen MR) is 96.4 cm³/mol. The van der Waals surface area contributed by atoms with E-state index in [2.05, 4.69) is 0 Å². The predicted octanol–water partition coefficient (Wildman–Crippen LogP) is 3.38.